The molecule has 0 radical (unpaired) electrons. The van der Waals surface area contributed by atoms with Gasteiger partial charge in [0.2, 0.25) is 0 Å². The molecule has 3 atom stereocenters. The highest BCUT2D eigenvalue weighted by atomic mass is 32.1. The lowest BCUT2D eigenvalue weighted by atomic mass is 10.1. The van der Waals surface area contributed by atoms with Crippen molar-refractivity contribution in [2.24, 2.45) is 0 Å². The van der Waals surface area contributed by atoms with Crippen LogP contribution in [0.5, 0.6) is 0 Å². The Morgan fingerprint density at radius 1 is 1.17 bits per heavy atom. The smallest absolute Gasteiger partial charge is 0.263 e. The number of piperazine rings is 1. The van der Waals surface area contributed by atoms with E-state index in [9.17, 15) is 4.79 Å². The van der Waals surface area contributed by atoms with Crippen LogP contribution in [0.4, 0.5) is 11.5 Å². The van der Waals surface area contributed by atoms with Crippen LogP contribution in [0.2, 0.25) is 0 Å². The molecule has 2 N–H and O–H groups in total. The zero-order chi connectivity index (χ0) is 20.6. The average molecular weight is 422 g/mol. The number of hydrogen-bond acceptors (Lipinski definition) is 6. The van der Waals surface area contributed by atoms with Crippen molar-refractivity contribution in [3.8, 4) is 0 Å². The maximum Gasteiger partial charge on any atom is 0.263 e. The van der Waals surface area contributed by atoms with Crippen LogP contribution in [-0.2, 0) is 0 Å². The first-order valence-corrected chi connectivity index (χ1v) is 11.7. The van der Waals surface area contributed by atoms with Crippen LogP contribution >= 0.6 is 11.3 Å². The third kappa shape index (κ3) is 2.65. The van der Waals surface area contributed by atoms with E-state index in [1.165, 1.54) is 6.42 Å². The van der Waals surface area contributed by atoms with Crippen molar-refractivity contribution in [3.63, 3.8) is 0 Å². The first kappa shape index (κ1) is 18.4. The Hall–Kier alpha value is -2.38. The van der Waals surface area contributed by atoms with Gasteiger partial charge in [-0.3, -0.25) is 9.69 Å². The van der Waals surface area contributed by atoms with Crippen molar-refractivity contribution in [1.82, 2.24) is 15.2 Å². The van der Waals surface area contributed by atoms with Gasteiger partial charge in [-0.2, -0.15) is 0 Å². The van der Waals surface area contributed by atoms with E-state index in [1.807, 2.05) is 6.92 Å². The van der Waals surface area contributed by atoms with Crippen LogP contribution in [0.1, 0.15) is 36.9 Å². The SMILES string of the molecule is CC(C)N1CC2CC1CN2c1ccc2c(ccc3sc4c(c32)NC[C@@H](C)NC4=O)n1. The number of anilines is 2. The minimum absolute atomic E-state index is 0.0178. The summed E-state index contributed by atoms with van der Waals surface area (Å²) in [6.07, 6.45) is 1.24. The van der Waals surface area contributed by atoms with Crippen LogP contribution in [-0.4, -0.2) is 59.6 Å². The summed E-state index contributed by atoms with van der Waals surface area (Å²) in [5.74, 6) is 1.10. The van der Waals surface area contributed by atoms with Gasteiger partial charge in [-0.05, 0) is 51.5 Å². The topological polar surface area (TPSA) is 60.5 Å². The fourth-order valence-electron chi connectivity index (χ4n) is 5.49. The van der Waals surface area contributed by atoms with Gasteiger partial charge in [-0.1, -0.05) is 0 Å². The molecule has 1 amide bonds. The van der Waals surface area contributed by atoms with E-state index in [-0.39, 0.29) is 11.9 Å². The van der Waals surface area contributed by atoms with Gasteiger partial charge < -0.3 is 15.5 Å². The molecule has 2 unspecified atom stereocenters. The molecular weight excluding hydrogens is 394 g/mol. The van der Waals surface area contributed by atoms with E-state index in [1.54, 1.807) is 11.3 Å². The largest absolute Gasteiger partial charge is 0.381 e. The van der Waals surface area contributed by atoms with E-state index < -0.39 is 0 Å². The van der Waals surface area contributed by atoms with Gasteiger partial charge >= 0.3 is 0 Å². The fourth-order valence-corrected chi connectivity index (χ4v) is 6.58. The average Bonchev–Trinajstić information content (AvgIpc) is 3.41. The number of fused-ring (bicyclic) bond motifs is 7. The Balaban J connectivity index is 1.41. The quantitative estimate of drug-likeness (QED) is 0.661. The van der Waals surface area contributed by atoms with E-state index in [4.69, 9.17) is 4.98 Å². The van der Waals surface area contributed by atoms with Gasteiger partial charge in [-0.15, -0.1) is 11.3 Å². The number of carbonyl (C=O) groups is 1. The fraction of sp³-hybridized carbons (Fsp3) is 0.478. The Labute approximate surface area is 180 Å². The number of amides is 1. The number of nitrogens with one attached hydrogen (secondary N) is 2. The number of hydrogen-bond donors (Lipinski definition) is 2. The summed E-state index contributed by atoms with van der Waals surface area (Å²) in [4.78, 5) is 23.6. The minimum atomic E-state index is 0.0178. The van der Waals surface area contributed by atoms with Gasteiger partial charge in [-0.25, -0.2) is 4.98 Å². The highest BCUT2D eigenvalue weighted by molar-refractivity contribution is 7.21. The molecule has 7 heteroatoms. The molecule has 0 spiro atoms. The molecule has 156 valence electrons. The Morgan fingerprint density at radius 3 is 2.80 bits per heavy atom. The Bertz CT molecular complexity index is 1170. The van der Waals surface area contributed by atoms with Crippen molar-refractivity contribution in [2.75, 3.05) is 29.9 Å². The highest BCUT2D eigenvalue weighted by Crippen LogP contribution is 2.42. The summed E-state index contributed by atoms with van der Waals surface area (Å²) in [5, 5.41) is 8.82. The summed E-state index contributed by atoms with van der Waals surface area (Å²) in [6, 6.07) is 10.5. The Morgan fingerprint density at radius 2 is 2.03 bits per heavy atom. The lowest BCUT2D eigenvalue weighted by molar-refractivity contribution is 0.0949. The van der Waals surface area contributed by atoms with E-state index in [0.29, 0.717) is 18.1 Å². The number of nitrogens with zero attached hydrogens (tertiary/aromatic N) is 3. The second-order valence-electron chi connectivity index (χ2n) is 9.22. The normalized spacial score (nSPS) is 26.3. The molecular formula is C23H27N5OS. The first-order valence-electron chi connectivity index (χ1n) is 10.9. The van der Waals surface area contributed by atoms with Crippen LogP contribution in [0.3, 0.4) is 0 Å². The van der Waals surface area contributed by atoms with Gasteiger partial charge in [0.15, 0.2) is 0 Å². The van der Waals surface area contributed by atoms with Crippen LogP contribution in [0, 0.1) is 0 Å². The summed E-state index contributed by atoms with van der Waals surface area (Å²) in [6.45, 7) is 9.55. The lowest BCUT2D eigenvalue weighted by Crippen LogP contribution is -2.49. The third-order valence-corrected chi connectivity index (χ3v) is 8.07. The molecule has 3 aliphatic heterocycles. The van der Waals surface area contributed by atoms with Crippen molar-refractivity contribution in [3.05, 3.63) is 29.1 Å². The van der Waals surface area contributed by atoms with Crippen molar-refractivity contribution in [2.45, 2.75) is 51.4 Å². The van der Waals surface area contributed by atoms with Gasteiger partial charge in [0, 0.05) is 59.3 Å². The number of pyridine rings is 1. The minimum Gasteiger partial charge on any atom is -0.381 e. The maximum atomic E-state index is 12.6. The third-order valence-electron chi connectivity index (χ3n) is 6.92. The first-order chi connectivity index (χ1) is 14.5. The molecule has 3 aliphatic rings. The second-order valence-corrected chi connectivity index (χ2v) is 10.3. The van der Waals surface area contributed by atoms with Crippen LogP contribution < -0.4 is 15.5 Å². The van der Waals surface area contributed by atoms with E-state index in [0.717, 1.165) is 57.0 Å². The van der Waals surface area contributed by atoms with Crippen molar-refractivity contribution >= 4 is 49.7 Å². The molecule has 5 heterocycles. The zero-order valence-electron chi connectivity index (χ0n) is 17.6. The molecule has 2 aromatic heterocycles. The van der Waals surface area contributed by atoms with Crippen LogP contribution in [0.25, 0.3) is 21.0 Å². The predicted molar refractivity (Wildman–Crippen MR) is 124 cm³/mol. The molecule has 2 bridgehead atoms. The zero-order valence-corrected chi connectivity index (χ0v) is 18.4. The summed E-state index contributed by atoms with van der Waals surface area (Å²) >= 11 is 1.56. The number of likely N-dealkylation sites (tertiary alicyclic amines) is 1. The van der Waals surface area contributed by atoms with E-state index >= 15 is 0 Å². The highest BCUT2D eigenvalue weighted by Gasteiger charge is 2.44. The molecule has 2 fully saturated rings. The molecule has 3 aromatic rings. The monoisotopic (exact) mass is 421 g/mol. The Kier molecular flexibility index (Phi) is 4.02. The molecule has 1 aromatic carbocycles. The van der Waals surface area contributed by atoms with Crippen LogP contribution in [0.15, 0.2) is 24.3 Å². The molecule has 0 aliphatic carbocycles. The number of aromatic nitrogens is 1. The number of carbonyl (C=O) groups excluding carboxylic acids is 1. The standard InChI is InChI=1S/C23H27N5OS/c1-12(2)27-10-15-8-14(27)11-28(15)19-7-4-16-17(26-19)5-6-18-20(16)21-22(30-18)23(29)25-13(3)9-24-21/h4-7,12-15,24H,8-11H2,1-3H3,(H,25,29)/t13-,14?,15?/m1/s1. The summed E-state index contributed by atoms with van der Waals surface area (Å²) in [5.41, 5.74) is 1.97. The van der Waals surface area contributed by atoms with E-state index in [2.05, 4.69) is 58.5 Å². The second kappa shape index (κ2) is 6.56. The van der Waals surface area contributed by atoms with Gasteiger partial charge in [0.1, 0.15) is 10.7 Å². The maximum absolute atomic E-state index is 12.6. The van der Waals surface area contributed by atoms with Crippen molar-refractivity contribution < 1.29 is 4.79 Å². The van der Waals surface area contributed by atoms with Gasteiger partial charge in [0.25, 0.3) is 5.91 Å². The predicted octanol–water partition coefficient (Wildman–Crippen LogP) is 3.66. The van der Waals surface area contributed by atoms with Crippen molar-refractivity contribution in [1.29, 1.82) is 0 Å². The summed E-state index contributed by atoms with van der Waals surface area (Å²) < 4.78 is 1.13. The molecule has 30 heavy (non-hydrogen) atoms. The number of rotatable bonds is 2. The lowest BCUT2D eigenvalue weighted by Gasteiger charge is -2.37. The molecule has 6 rings (SSSR count). The number of benzene rings is 1. The molecule has 0 saturated carbocycles. The number of thiophene rings is 1. The molecule has 6 nitrogen and oxygen atoms in total. The molecule has 2 saturated heterocycles. The summed E-state index contributed by atoms with van der Waals surface area (Å²) in [7, 11) is 0. The van der Waals surface area contributed by atoms with Gasteiger partial charge in [0.05, 0.1) is 11.2 Å².